The van der Waals surface area contributed by atoms with Crippen molar-refractivity contribution in [1.29, 1.82) is 0 Å². The number of carbonyl (C=O) groups excluding carboxylic acids is 2. The van der Waals surface area contributed by atoms with Gasteiger partial charge in [0.2, 0.25) is 0 Å². The van der Waals surface area contributed by atoms with Gasteiger partial charge in [0.25, 0.3) is 0 Å². The fraction of sp³-hybridized carbons (Fsp3) is 0.571. The van der Waals surface area contributed by atoms with Gasteiger partial charge in [0, 0.05) is 0 Å². The third-order valence-corrected chi connectivity index (χ3v) is 2.49. The second-order valence-electron chi connectivity index (χ2n) is 4.37. The summed E-state index contributed by atoms with van der Waals surface area (Å²) in [5, 5.41) is 0. The normalized spacial score (nSPS) is 11.1. The first kappa shape index (κ1) is 16.4. The molecular weight excluding hydrogens is 232 g/mol. The highest BCUT2D eigenvalue weighted by molar-refractivity contribution is 5.95. The molecule has 0 atom stereocenters. The van der Waals surface area contributed by atoms with Gasteiger partial charge in [-0.3, -0.25) is 9.59 Å². The first-order chi connectivity index (χ1) is 8.42. The summed E-state index contributed by atoms with van der Waals surface area (Å²) in [5.74, 6) is -1.99. The van der Waals surface area contributed by atoms with Crippen LogP contribution in [0.1, 0.15) is 33.6 Å². The van der Waals surface area contributed by atoms with Crippen LogP contribution in [-0.4, -0.2) is 26.2 Å². The van der Waals surface area contributed by atoms with Gasteiger partial charge in [0.15, 0.2) is 5.92 Å². The zero-order valence-electron chi connectivity index (χ0n) is 11.8. The van der Waals surface area contributed by atoms with E-state index in [4.69, 9.17) is 0 Å². The van der Waals surface area contributed by atoms with E-state index in [1.165, 1.54) is 19.8 Å². The Hall–Kier alpha value is -1.58. The third kappa shape index (κ3) is 6.23. The van der Waals surface area contributed by atoms with Gasteiger partial charge in [-0.25, -0.2) is 0 Å². The van der Waals surface area contributed by atoms with Crippen LogP contribution in [0.25, 0.3) is 0 Å². The third-order valence-electron chi connectivity index (χ3n) is 2.49. The molecule has 0 aliphatic carbocycles. The molecule has 0 aromatic carbocycles. The van der Waals surface area contributed by atoms with Gasteiger partial charge in [0.05, 0.1) is 14.2 Å². The molecular formula is C14H22O4. The lowest BCUT2D eigenvalue weighted by Crippen LogP contribution is -2.26. The molecule has 0 radical (unpaired) electrons. The average molecular weight is 254 g/mol. The summed E-state index contributed by atoms with van der Waals surface area (Å²) in [7, 11) is 2.53. The number of hydrogen-bond acceptors (Lipinski definition) is 4. The van der Waals surface area contributed by atoms with Gasteiger partial charge in [0.1, 0.15) is 0 Å². The monoisotopic (exact) mass is 254 g/mol. The Morgan fingerprint density at radius 2 is 1.50 bits per heavy atom. The molecule has 0 aromatic rings. The van der Waals surface area contributed by atoms with E-state index in [1.807, 2.05) is 26.8 Å². The number of allylic oxidation sites excluding steroid dienone is 4. The minimum absolute atomic E-state index is 0.329. The molecule has 0 bridgehead atoms. The summed E-state index contributed by atoms with van der Waals surface area (Å²) in [6, 6.07) is 0. The lowest BCUT2D eigenvalue weighted by molar-refractivity contribution is -0.158. The molecule has 0 aliphatic rings. The first-order valence-corrected chi connectivity index (χ1v) is 5.87. The standard InChI is InChI=1S/C14H22O4/c1-10(2)7-6-8-11(3)9-12(13(15)17-4)14(16)18-5/h7-8,12H,6,9H2,1-5H3/b11-8+. The van der Waals surface area contributed by atoms with E-state index in [1.54, 1.807) is 0 Å². The Balaban J connectivity index is 4.62. The van der Waals surface area contributed by atoms with Gasteiger partial charge >= 0.3 is 11.9 Å². The predicted molar refractivity (Wildman–Crippen MR) is 69.9 cm³/mol. The van der Waals surface area contributed by atoms with E-state index >= 15 is 0 Å². The Kier molecular flexibility index (Phi) is 7.76. The maximum absolute atomic E-state index is 11.5. The largest absolute Gasteiger partial charge is 0.468 e. The molecule has 0 saturated carbocycles. The van der Waals surface area contributed by atoms with Gasteiger partial charge in [-0.2, -0.15) is 0 Å². The summed E-state index contributed by atoms with van der Waals surface area (Å²) < 4.78 is 9.20. The Bertz CT molecular complexity index is 333. The van der Waals surface area contributed by atoms with Crippen LogP contribution in [0.5, 0.6) is 0 Å². The molecule has 0 fully saturated rings. The van der Waals surface area contributed by atoms with Crippen molar-refractivity contribution < 1.29 is 19.1 Å². The van der Waals surface area contributed by atoms with Crippen LogP contribution < -0.4 is 0 Å². The molecule has 0 aromatic heterocycles. The zero-order chi connectivity index (χ0) is 14.1. The predicted octanol–water partition coefficient (Wildman–Crippen LogP) is 2.64. The van der Waals surface area contributed by atoms with E-state index in [2.05, 4.69) is 15.5 Å². The molecule has 18 heavy (non-hydrogen) atoms. The second-order valence-corrected chi connectivity index (χ2v) is 4.37. The second kappa shape index (κ2) is 8.50. The zero-order valence-corrected chi connectivity index (χ0v) is 11.8. The molecule has 0 heterocycles. The lowest BCUT2D eigenvalue weighted by Gasteiger charge is -2.12. The Labute approximate surface area is 109 Å². The van der Waals surface area contributed by atoms with E-state index in [-0.39, 0.29) is 0 Å². The summed E-state index contributed by atoms with van der Waals surface area (Å²) in [5.41, 5.74) is 2.20. The maximum Gasteiger partial charge on any atom is 0.320 e. The quantitative estimate of drug-likeness (QED) is 0.415. The highest BCUT2D eigenvalue weighted by Gasteiger charge is 2.28. The summed E-state index contributed by atoms with van der Waals surface area (Å²) >= 11 is 0. The van der Waals surface area contributed by atoms with Gasteiger partial charge in [-0.15, -0.1) is 0 Å². The van der Waals surface area contributed by atoms with Crippen LogP contribution in [0.4, 0.5) is 0 Å². The van der Waals surface area contributed by atoms with Gasteiger partial charge in [-0.05, 0) is 33.6 Å². The van der Waals surface area contributed by atoms with Gasteiger partial charge < -0.3 is 9.47 Å². The van der Waals surface area contributed by atoms with Crippen LogP contribution in [-0.2, 0) is 19.1 Å². The number of hydrogen-bond donors (Lipinski definition) is 0. The van der Waals surface area contributed by atoms with Crippen molar-refractivity contribution in [2.45, 2.75) is 33.6 Å². The van der Waals surface area contributed by atoms with Crippen LogP contribution in [0.3, 0.4) is 0 Å². The molecule has 0 rings (SSSR count). The molecule has 102 valence electrons. The fourth-order valence-electron chi connectivity index (χ4n) is 1.45. The van der Waals surface area contributed by atoms with Crippen LogP contribution in [0.2, 0.25) is 0 Å². The topological polar surface area (TPSA) is 52.6 Å². The van der Waals surface area contributed by atoms with Crippen molar-refractivity contribution >= 4 is 11.9 Å². The van der Waals surface area contributed by atoms with Crippen molar-refractivity contribution in [2.75, 3.05) is 14.2 Å². The lowest BCUT2D eigenvalue weighted by atomic mass is 9.99. The summed E-state index contributed by atoms with van der Waals surface area (Å²) in [6.45, 7) is 5.93. The number of ether oxygens (including phenoxy) is 2. The smallest absolute Gasteiger partial charge is 0.320 e. The van der Waals surface area contributed by atoms with E-state index < -0.39 is 17.9 Å². The molecule has 0 unspecified atom stereocenters. The van der Waals surface area contributed by atoms with Crippen LogP contribution in [0, 0.1) is 5.92 Å². The molecule has 0 spiro atoms. The van der Waals surface area contributed by atoms with Crippen molar-refractivity contribution in [3.05, 3.63) is 23.3 Å². The number of carbonyl (C=O) groups is 2. The Morgan fingerprint density at radius 3 is 1.89 bits per heavy atom. The SMILES string of the molecule is COC(=O)C(C/C(C)=C/CC=C(C)C)C(=O)OC. The molecule has 0 saturated heterocycles. The van der Waals surface area contributed by atoms with Crippen molar-refractivity contribution in [1.82, 2.24) is 0 Å². The molecule has 0 amide bonds. The molecule has 0 N–H and O–H groups in total. The number of methoxy groups -OCH3 is 2. The minimum atomic E-state index is -0.872. The minimum Gasteiger partial charge on any atom is -0.468 e. The first-order valence-electron chi connectivity index (χ1n) is 5.87. The highest BCUT2D eigenvalue weighted by atomic mass is 16.5. The number of rotatable bonds is 6. The fourth-order valence-corrected chi connectivity index (χ4v) is 1.45. The van der Waals surface area contributed by atoms with E-state index in [0.717, 1.165) is 12.0 Å². The Morgan fingerprint density at radius 1 is 1.00 bits per heavy atom. The molecule has 4 nitrogen and oxygen atoms in total. The van der Waals surface area contributed by atoms with Gasteiger partial charge in [-0.1, -0.05) is 23.3 Å². The van der Waals surface area contributed by atoms with E-state index in [9.17, 15) is 9.59 Å². The van der Waals surface area contributed by atoms with Crippen LogP contribution >= 0.6 is 0 Å². The number of esters is 2. The van der Waals surface area contributed by atoms with Crippen molar-refractivity contribution in [2.24, 2.45) is 5.92 Å². The van der Waals surface area contributed by atoms with Crippen molar-refractivity contribution in [3.63, 3.8) is 0 Å². The summed E-state index contributed by atoms with van der Waals surface area (Å²) in [4.78, 5) is 22.9. The average Bonchev–Trinajstić information content (AvgIpc) is 2.33. The highest BCUT2D eigenvalue weighted by Crippen LogP contribution is 2.15. The molecule has 4 heteroatoms. The van der Waals surface area contributed by atoms with Crippen LogP contribution in [0.15, 0.2) is 23.3 Å². The maximum atomic E-state index is 11.5. The summed E-state index contributed by atoms with van der Waals surface area (Å²) in [6.07, 6.45) is 5.19. The molecule has 0 aliphatic heterocycles. The van der Waals surface area contributed by atoms with Crippen molar-refractivity contribution in [3.8, 4) is 0 Å². The van der Waals surface area contributed by atoms with E-state index in [0.29, 0.717) is 6.42 Å².